The molecule has 90 valence electrons. The molecule has 0 atom stereocenters. The zero-order chi connectivity index (χ0) is 11.7. The van der Waals surface area contributed by atoms with Gasteiger partial charge in [-0.15, -0.1) is 12.4 Å². The van der Waals surface area contributed by atoms with Gasteiger partial charge in [-0.3, -0.25) is 0 Å². The van der Waals surface area contributed by atoms with Crippen LogP contribution in [-0.2, 0) is 0 Å². The Kier molecular flexibility index (Phi) is 4.86. The average Bonchev–Trinajstić information content (AvgIpc) is 2.26. The van der Waals surface area contributed by atoms with Crippen LogP contribution in [0.25, 0.3) is 11.1 Å². The Balaban J connectivity index is 0.00000144. The van der Waals surface area contributed by atoms with Crippen molar-refractivity contribution in [2.45, 2.75) is 0 Å². The summed E-state index contributed by atoms with van der Waals surface area (Å²) >= 11 is 6.83. The first-order valence-electron chi connectivity index (χ1n) is 4.68. The highest BCUT2D eigenvalue weighted by Crippen LogP contribution is 2.30. The molecule has 0 amide bonds. The zero-order valence-corrected chi connectivity index (χ0v) is 12.8. The molecule has 4 N–H and O–H groups in total. The molecule has 17 heavy (non-hydrogen) atoms. The van der Waals surface area contributed by atoms with Crippen molar-refractivity contribution in [3.63, 3.8) is 0 Å². The van der Waals surface area contributed by atoms with Crippen LogP contribution in [0.4, 0.5) is 11.4 Å². The van der Waals surface area contributed by atoms with E-state index in [9.17, 15) is 0 Å². The molecule has 0 saturated heterocycles. The number of halogens is 3. The molecule has 0 spiro atoms. The standard InChI is InChI=1S/C12H10Br2N2.ClH/c13-9-5-7(1-3-11(9)15)8-2-4-12(16)10(14)6-8;/h1-6H,15-16H2;1H. The van der Waals surface area contributed by atoms with E-state index in [0.29, 0.717) is 0 Å². The molecule has 0 aromatic heterocycles. The van der Waals surface area contributed by atoms with Gasteiger partial charge in [-0.25, -0.2) is 0 Å². The summed E-state index contributed by atoms with van der Waals surface area (Å²) in [6.45, 7) is 0. The van der Waals surface area contributed by atoms with E-state index in [0.717, 1.165) is 31.4 Å². The van der Waals surface area contributed by atoms with E-state index in [1.807, 2.05) is 36.4 Å². The SMILES string of the molecule is Cl.Nc1ccc(-c2ccc(N)c(Br)c2)cc1Br. The minimum Gasteiger partial charge on any atom is -0.398 e. The molecule has 5 heteroatoms. The van der Waals surface area contributed by atoms with E-state index in [1.165, 1.54) is 0 Å². The number of hydrogen-bond acceptors (Lipinski definition) is 2. The molecule has 0 fully saturated rings. The van der Waals surface area contributed by atoms with E-state index < -0.39 is 0 Å². The first kappa shape index (κ1) is 14.4. The number of hydrogen-bond donors (Lipinski definition) is 2. The Morgan fingerprint density at radius 1 is 0.706 bits per heavy atom. The minimum atomic E-state index is 0. The van der Waals surface area contributed by atoms with Crippen LogP contribution in [0.15, 0.2) is 45.3 Å². The summed E-state index contributed by atoms with van der Waals surface area (Å²) in [5, 5.41) is 0. The molecule has 0 aliphatic heterocycles. The van der Waals surface area contributed by atoms with Crippen LogP contribution in [0, 0.1) is 0 Å². The number of anilines is 2. The smallest absolute Gasteiger partial charge is 0.0458 e. The molecular formula is C12H11Br2ClN2. The Bertz CT molecular complexity index is 495. The molecule has 2 rings (SSSR count). The monoisotopic (exact) mass is 376 g/mol. The minimum absolute atomic E-state index is 0. The quantitative estimate of drug-likeness (QED) is 0.720. The normalized spacial score (nSPS) is 9.76. The first-order chi connectivity index (χ1) is 7.58. The van der Waals surface area contributed by atoms with Gasteiger partial charge in [0.2, 0.25) is 0 Å². The van der Waals surface area contributed by atoms with Crippen molar-refractivity contribution in [2.75, 3.05) is 11.5 Å². The maximum Gasteiger partial charge on any atom is 0.0458 e. The summed E-state index contributed by atoms with van der Waals surface area (Å²) in [5.41, 5.74) is 15.2. The van der Waals surface area contributed by atoms with E-state index in [-0.39, 0.29) is 12.4 Å². The van der Waals surface area contributed by atoms with Gasteiger partial charge in [0.25, 0.3) is 0 Å². The predicted molar refractivity (Wildman–Crippen MR) is 83.4 cm³/mol. The molecule has 2 aromatic rings. The van der Waals surface area contributed by atoms with Crippen LogP contribution in [0.5, 0.6) is 0 Å². The summed E-state index contributed by atoms with van der Waals surface area (Å²) in [5.74, 6) is 0. The van der Waals surface area contributed by atoms with E-state index in [4.69, 9.17) is 11.5 Å². The highest BCUT2D eigenvalue weighted by Gasteiger charge is 2.03. The Labute approximate surface area is 123 Å². The van der Waals surface area contributed by atoms with Crippen LogP contribution in [0.1, 0.15) is 0 Å². The number of benzene rings is 2. The third kappa shape index (κ3) is 3.15. The third-order valence-corrected chi connectivity index (χ3v) is 3.71. The van der Waals surface area contributed by atoms with Gasteiger partial charge in [-0.1, -0.05) is 12.1 Å². The highest BCUT2D eigenvalue weighted by molar-refractivity contribution is 9.11. The Hall–Kier alpha value is -0.710. The fourth-order valence-corrected chi connectivity index (χ4v) is 2.17. The Morgan fingerprint density at radius 2 is 1.06 bits per heavy atom. The second-order valence-corrected chi connectivity index (χ2v) is 5.18. The molecule has 2 aromatic carbocycles. The number of nitrogen functional groups attached to an aromatic ring is 2. The van der Waals surface area contributed by atoms with Gasteiger partial charge < -0.3 is 11.5 Å². The van der Waals surface area contributed by atoms with Crippen molar-refractivity contribution < 1.29 is 0 Å². The van der Waals surface area contributed by atoms with Crippen LogP contribution < -0.4 is 11.5 Å². The topological polar surface area (TPSA) is 52.0 Å². The third-order valence-electron chi connectivity index (χ3n) is 2.33. The molecule has 0 saturated carbocycles. The molecule has 0 aliphatic carbocycles. The fraction of sp³-hybridized carbons (Fsp3) is 0. The van der Waals surface area contributed by atoms with Crippen molar-refractivity contribution in [1.29, 1.82) is 0 Å². The lowest BCUT2D eigenvalue weighted by Crippen LogP contribution is -1.89. The van der Waals surface area contributed by atoms with Crippen molar-refractivity contribution in [2.24, 2.45) is 0 Å². The van der Waals surface area contributed by atoms with Gasteiger partial charge in [-0.2, -0.15) is 0 Å². The fourth-order valence-electron chi connectivity index (χ4n) is 1.41. The van der Waals surface area contributed by atoms with E-state index in [2.05, 4.69) is 31.9 Å². The van der Waals surface area contributed by atoms with Gasteiger partial charge in [0.1, 0.15) is 0 Å². The van der Waals surface area contributed by atoms with Crippen molar-refractivity contribution in [1.82, 2.24) is 0 Å². The Morgan fingerprint density at radius 3 is 1.35 bits per heavy atom. The average molecular weight is 378 g/mol. The highest BCUT2D eigenvalue weighted by atomic mass is 79.9. The van der Waals surface area contributed by atoms with Crippen molar-refractivity contribution in [3.05, 3.63) is 45.3 Å². The lowest BCUT2D eigenvalue weighted by Gasteiger charge is -2.06. The van der Waals surface area contributed by atoms with Crippen LogP contribution >= 0.6 is 44.3 Å². The first-order valence-corrected chi connectivity index (χ1v) is 6.27. The maximum atomic E-state index is 5.74. The van der Waals surface area contributed by atoms with Gasteiger partial charge >= 0.3 is 0 Å². The van der Waals surface area contributed by atoms with Gasteiger partial charge in [0.05, 0.1) is 0 Å². The molecule has 0 bridgehead atoms. The van der Waals surface area contributed by atoms with Gasteiger partial charge in [-0.05, 0) is 67.3 Å². The second-order valence-electron chi connectivity index (χ2n) is 3.47. The van der Waals surface area contributed by atoms with Gasteiger partial charge in [0.15, 0.2) is 0 Å². The van der Waals surface area contributed by atoms with Crippen LogP contribution in [0.3, 0.4) is 0 Å². The molecular weight excluding hydrogens is 367 g/mol. The maximum absolute atomic E-state index is 5.74. The molecule has 2 nitrogen and oxygen atoms in total. The molecule has 0 radical (unpaired) electrons. The summed E-state index contributed by atoms with van der Waals surface area (Å²) in [6, 6.07) is 11.7. The molecule has 0 heterocycles. The lowest BCUT2D eigenvalue weighted by atomic mass is 10.1. The zero-order valence-electron chi connectivity index (χ0n) is 8.78. The summed E-state index contributed by atoms with van der Waals surface area (Å²) in [7, 11) is 0. The molecule has 0 unspecified atom stereocenters. The van der Waals surface area contributed by atoms with Crippen molar-refractivity contribution in [3.8, 4) is 11.1 Å². The van der Waals surface area contributed by atoms with Crippen molar-refractivity contribution >= 4 is 55.6 Å². The summed E-state index contributed by atoms with van der Waals surface area (Å²) < 4.78 is 1.80. The molecule has 0 aliphatic rings. The number of rotatable bonds is 1. The second kappa shape index (κ2) is 5.76. The largest absolute Gasteiger partial charge is 0.398 e. The lowest BCUT2D eigenvalue weighted by molar-refractivity contribution is 1.56. The van der Waals surface area contributed by atoms with Gasteiger partial charge in [0, 0.05) is 20.3 Å². The van der Waals surface area contributed by atoms with Crippen LogP contribution in [-0.4, -0.2) is 0 Å². The summed E-state index contributed by atoms with van der Waals surface area (Å²) in [6.07, 6.45) is 0. The number of nitrogens with two attached hydrogens (primary N) is 2. The van der Waals surface area contributed by atoms with Crippen LogP contribution in [0.2, 0.25) is 0 Å². The van der Waals surface area contributed by atoms with E-state index in [1.54, 1.807) is 0 Å². The predicted octanol–water partition coefficient (Wildman–Crippen LogP) is 4.46. The summed E-state index contributed by atoms with van der Waals surface area (Å²) in [4.78, 5) is 0. The van der Waals surface area contributed by atoms with E-state index >= 15 is 0 Å².